The van der Waals surface area contributed by atoms with E-state index in [1.807, 2.05) is 6.92 Å². The molecule has 0 unspecified atom stereocenters. The summed E-state index contributed by atoms with van der Waals surface area (Å²) in [6, 6.07) is 4.36. The molecule has 0 bridgehead atoms. The standard InChI is InChI=1S/C10H12Cl2O4S/c1-2-15-6-7-16-10-8(11)4-3-5-9(10)17(12,13)14/h3-5H,2,6-7H2,1H3. The minimum Gasteiger partial charge on any atom is -0.488 e. The van der Waals surface area contributed by atoms with Gasteiger partial charge in [0.05, 0.1) is 11.6 Å². The Morgan fingerprint density at radius 1 is 1.29 bits per heavy atom. The van der Waals surface area contributed by atoms with Gasteiger partial charge in [0.25, 0.3) is 9.05 Å². The lowest BCUT2D eigenvalue weighted by Crippen LogP contribution is -2.08. The average Bonchev–Trinajstić information content (AvgIpc) is 2.24. The van der Waals surface area contributed by atoms with Crippen molar-refractivity contribution in [2.24, 2.45) is 0 Å². The van der Waals surface area contributed by atoms with Gasteiger partial charge in [0.15, 0.2) is 5.75 Å². The molecule has 0 radical (unpaired) electrons. The van der Waals surface area contributed by atoms with Gasteiger partial charge in [-0.2, -0.15) is 0 Å². The average molecular weight is 299 g/mol. The fraction of sp³-hybridized carbons (Fsp3) is 0.400. The van der Waals surface area contributed by atoms with Gasteiger partial charge in [-0.1, -0.05) is 17.7 Å². The molecule has 0 amide bonds. The minimum atomic E-state index is -3.88. The van der Waals surface area contributed by atoms with Crippen LogP contribution in [0.2, 0.25) is 5.02 Å². The molecule has 1 rings (SSSR count). The molecule has 1 aromatic rings. The summed E-state index contributed by atoms with van der Waals surface area (Å²) in [6.07, 6.45) is 0. The van der Waals surface area contributed by atoms with E-state index in [0.29, 0.717) is 13.2 Å². The van der Waals surface area contributed by atoms with Crippen molar-refractivity contribution in [1.29, 1.82) is 0 Å². The second-order valence-electron chi connectivity index (χ2n) is 3.05. The molecule has 0 aromatic heterocycles. The summed E-state index contributed by atoms with van der Waals surface area (Å²) in [4.78, 5) is -0.136. The van der Waals surface area contributed by atoms with Gasteiger partial charge < -0.3 is 9.47 Å². The lowest BCUT2D eigenvalue weighted by atomic mass is 10.3. The Bertz CT molecular complexity index is 473. The number of benzene rings is 1. The van der Waals surface area contributed by atoms with Crippen LogP contribution in [0.5, 0.6) is 5.75 Å². The van der Waals surface area contributed by atoms with Crippen LogP contribution in [-0.2, 0) is 13.8 Å². The van der Waals surface area contributed by atoms with Crippen LogP contribution in [0, 0.1) is 0 Å². The van der Waals surface area contributed by atoms with Crippen LogP contribution in [-0.4, -0.2) is 28.2 Å². The quantitative estimate of drug-likeness (QED) is 0.598. The van der Waals surface area contributed by atoms with Crippen LogP contribution < -0.4 is 4.74 Å². The van der Waals surface area contributed by atoms with E-state index < -0.39 is 9.05 Å². The highest BCUT2D eigenvalue weighted by atomic mass is 35.7. The smallest absolute Gasteiger partial charge is 0.265 e. The van der Waals surface area contributed by atoms with Crippen LogP contribution >= 0.6 is 22.3 Å². The molecular formula is C10H12Cl2O4S. The van der Waals surface area contributed by atoms with Gasteiger partial charge in [-0.15, -0.1) is 0 Å². The monoisotopic (exact) mass is 298 g/mol. The maximum atomic E-state index is 11.3. The van der Waals surface area contributed by atoms with Crippen molar-refractivity contribution < 1.29 is 17.9 Å². The molecule has 17 heavy (non-hydrogen) atoms. The van der Waals surface area contributed by atoms with Crippen molar-refractivity contribution in [3.05, 3.63) is 23.2 Å². The molecule has 0 fully saturated rings. The van der Waals surface area contributed by atoms with Gasteiger partial charge in [-0.25, -0.2) is 8.42 Å². The molecule has 1 aromatic carbocycles. The Morgan fingerprint density at radius 3 is 2.59 bits per heavy atom. The third kappa shape index (κ3) is 4.35. The van der Waals surface area contributed by atoms with Crippen LogP contribution in [0.1, 0.15) is 6.92 Å². The van der Waals surface area contributed by atoms with Crippen molar-refractivity contribution in [1.82, 2.24) is 0 Å². The molecule has 0 aliphatic heterocycles. The van der Waals surface area contributed by atoms with Crippen molar-refractivity contribution in [2.75, 3.05) is 19.8 Å². The lowest BCUT2D eigenvalue weighted by Gasteiger charge is -2.11. The first-order chi connectivity index (χ1) is 7.96. The summed E-state index contributed by atoms with van der Waals surface area (Å²) in [6.45, 7) is 2.97. The van der Waals surface area contributed by atoms with E-state index in [4.69, 9.17) is 31.8 Å². The number of halogens is 2. The highest BCUT2D eigenvalue weighted by Gasteiger charge is 2.19. The molecule has 0 N–H and O–H groups in total. The largest absolute Gasteiger partial charge is 0.488 e. The summed E-state index contributed by atoms with van der Waals surface area (Å²) in [5.41, 5.74) is 0. The van der Waals surface area contributed by atoms with Gasteiger partial charge in [0.2, 0.25) is 0 Å². The Balaban J connectivity index is 2.89. The van der Waals surface area contributed by atoms with Crippen molar-refractivity contribution >= 4 is 31.3 Å². The second kappa shape index (κ2) is 6.44. The summed E-state index contributed by atoms with van der Waals surface area (Å²) in [5, 5.41) is 0.197. The predicted octanol–water partition coefficient (Wildman–Crippen LogP) is 2.68. The molecule has 96 valence electrons. The van der Waals surface area contributed by atoms with Gasteiger partial charge in [0, 0.05) is 17.3 Å². The van der Waals surface area contributed by atoms with E-state index >= 15 is 0 Å². The molecule has 0 aliphatic carbocycles. The summed E-state index contributed by atoms with van der Waals surface area (Å²) in [5.74, 6) is 0.0591. The molecule has 0 saturated heterocycles. The fourth-order valence-electron chi connectivity index (χ4n) is 1.17. The van der Waals surface area contributed by atoms with E-state index in [0.717, 1.165) is 0 Å². The van der Waals surface area contributed by atoms with Gasteiger partial charge in [-0.05, 0) is 19.1 Å². The maximum Gasteiger partial charge on any atom is 0.265 e. The van der Waals surface area contributed by atoms with Crippen molar-refractivity contribution in [3.8, 4) is 5.75 Å². The zero-order valence-corrected chi connectivity index (χ0v) is 11.5. The van der Waals surface area contributed by atoms with Crippen LogP contribution in [0.3, 0.4) is 0 Å². The Labute approximate surface area is 110 Å². The predicted molar refractivity (Wildman–Crippen MR) is 66.5 cm³/mol. The molecule has 0 spiro atoms. The van der Waals surface area contributed by atoms with Crippen molar-refractivity contribution in [3.63, 3.8) is 0 Å². The fourth-order valence-corrected chi connectivity index (χ4v) is 2.45. The number of rotatable bonds is 6. The van der Waals surface area contributed by atoms with E-state index in [1.165, 1.54) is 18.2 Å². The third-order valence-corrected chi connectivity index (χ3v) is 3.51. The number of hydrogen-bond donors (Lipinski definition) is 0. The van der Waals surface area contributed by atoms with E-state index in [9.17, 15) is 8.42 Å². The van der Waals surface area contributed by atoms with Crippen LogP contribution in [0.25, 0.3) is 0 Å². The van der Waals surface area contributed by atoms with Gasteiger partial charge >= 0.3 is 0 Å². The van der Waals surface area contributed by atoms with E-state index in [2.05, 4.69) is 0 Å². The van der Waals surface area contributed by atoms with Gasteiger partial charge in [-0.3, -0.25) is 0 Å². The van der Waals surface area contributed by atoms with Crippen LogP contribution in [0.15, 0.2) is 23.1 Å². The molecule has 4 nitrogen and oxygen atoms in total. The molecule has 7 heteroatoms. The summed E-state index contributed by atoms with van der Waals surface area (Å²) in [7, 11) is 1.40. The zero-order chi connectivity index (χ0) is 12.9. The summed E-state index contributed by atoms with van der Waals surface area (Å²) >= 11 is 5.86. The van der Waals surface area contributed by atoms with E-state index in [-0.39, 0.29) is 22.3 Å². The topological polar surface area (TPSA) is 52.6 Å². The Morgan fingerprint density at radius 2 is 2.00 bits per heavy atom. The Hall–Kier alpha value is -0.490. The first kappa shape index (κ1) is 14.6. The highest BCUT2D eigenvalue weighted by molar-refractivity contribution is 8.13. The highest BCUT2D eigenvalue weighted by Crippen LogP contribution is 2.33. The molecule has 0 aliphatic rings. The molecule has 0 saturated carbocycles. The number of ether oxygens (including phenoxy) is 2. The second-order valence-corrected chi connectivity index (χ2v) is 5.99. The zero-order valence-electron chi connectivity index (χ0n) is 9.15. The normalized spacial score (nSPS) is 11.5. The van der Waals surface area contributed by atoms with Crippen LogP contribution in [0.4, 0.5) is 0 Å². The number of hydrogen-bond acceptors (Lipinski definition) is 4. The lowest BCUT2D eigenvalue weighted by molar-refractivity contribution is 0.109. The molecule has 0 heterocycles. The maximum absolute atomic E-state index is 11.3. The SMILES string of the molecule is CCOCCOc1c(Cl)cccc1S(=O)(=O)Cl. The summed E-state index contributed by atoms with van der Waals surface area (Å²) < 4.78 is 32.9. The van der Waals surface area contributed by atoms with E-state index in [1.54, 1.807) is 0 Å². The minimum absolute atomic E-state index is 0.0591. The first-order valence-electron chi connectivity index (χ1n) is 4.90. The number of para-hydroxylation sites is 1. The first-order valence-corrected chi connectivity index (χ1v) is 7.59. The molecular weight excluding hydrogens is 287 g/mol. The Kier molecular flexibility index (Phi) is 5.52. The van der Waals surface area contributed by atoms with Gasteiger partial charge in [0.1, 0.15) is 11.5 Å². The van der Waals surface area contributed by atoms with Crippen molar-refractivity contribution in [2.45, 2.75) is 11.8 Å². The molecule has 0 atom stereocenters. The third-order valence-electron chi connectivity index (χ3n) is 1.87.